The van der Waals surface area contributed by atoms with Crippen molar-refractivity contribution in [3.05, 3.63) is 81.6 Å². The molecule has 0 fully saturated rings. The lowest BCUT2D eigenvalue weighted by Crippen LogP contribution is -2.46. The summed E-state index contributed by atoms with van der Waals surface area (Å²) in [7, 11) is 2.60. The van der Waals surface area contributed by atoms with Crippen LogP contribution in [-0.2, 0) is 5.41 Å². The minimum absolute atomic E-state index is 0.361. The summed E-state index contributed by atoms with van der Waals surface area (Å²) in [5.41, 5.74) is 3.07. The molecule has 1 heterocycles. The normalized spacial score (nSPS) is 24.7. The second-order valence-electron chi connectivity index (χ2n) is 10.8. The number of allylic oxidation sites excluding steroid dienone is 8. The maximum absolute atomic E-state index is 5.15. The lowest BCUT2D eigenvalue weighted by molar-refractivity contribution is 0.214. The van der Waals surface area contributed by atoms with Gasteiger partial charge in [0.1, 0.15) is 0 Å². The molecule has 0 saturated carbocycles. The van der Waals surface area contributed by atoms with E-state index in [2.05, 4.69) is 111 Å². The molecule has 0 amide bonds. The van der Waals surface area contributed by atoms with Crippen LogP contribution >= 0.6 is 8.58 Å². The molecule has 0 spiro atoms. The Morgan fingerprint density at radius 3 is 2.83 bits per heavy atom. The lowest BCUT2D eigenvalue weighted by atomic mass is 9.86. The second-order valence-corrected chi connectivity index (χ2v) is 11.8. The molecule has 1 aromatic heterocycles. The summed E-state index contributed by atoms with van der Waals surface area (Å²) in [5, 5.41) is 2.91. The summed E-state index contributed by atoms with van der Waals surface area (Å²) < 4.78 is 0. The summed E-state index contributed by atoms with van der Waals surface area (Å²) >= 11 is 0. The molecule has 4 nitrogen and oxygen atoms in total. The third-order valence-electron chi connectivity index (χ3n) is 7.66. The first kappa shape index (κ1) is 31.7. The van der Waals surface area contributed by atoms with Crippen molar-refractivity contribution in [2.45, 2.75) is 71.3 Å². The third kappa shape index (κ3) is 8.82. The highest BCUT2D eigenvalue weighted by Gasteiger charge is 2.31. The van der Waals surface area contributed by atoms with Gasteiger partial charge in [-0.05, 0) is 69.7 Å². The van der Waals surface area contributed by atoms with Gasteiger partial charge in [-0.15, -0.1) is 0 Å². The first-order valence-electron chi connectivity index (χ1n) is 14.6. The van der Waals surface area contributed by atoms with E-state index in [-0.39, 0.29) is 5.41 Å². The van der Waals surface area contributed by atoms with Gasteiger partial charge in [0.15, 0.2) is 0 Å². The van der Waals surface area contributed by atoms with Gasteiger partial charge < -0.3 is 0 Å². The number of nitrogens with zero attached hydrogens (tertiary/aromatic N) is 4. The third-order valence-corrected chi connectivity index (χ3v) is 8.54. The van der Waals surface area contributed by atoms with Crippen LogP contribution in [0.5, 0.6) is 0 Å². The molecule has 212 valence electrons. The Labute approximate surface area is 244 Å². The molecule has 4 unspecified atom stereocenters. The van der Waals surface area contributed by atoms with Gasteiger partial charge in [0, 0.05) is 38.2 Å². The number of rotatable bonds is 11. The van der Waals surface area contributed by atoms with Gasteiger partial charge in [0.25, 0.3) is 0 Å². The monoisotopic (exact) mass is 554 g/mol. The molecule has 0 saturated heterocycles. The fourth-order valence-electron chi connectivity index (χ4n) is 5.21. The summed E-state index contributed by atoms with van der Waals surface area (Å²) in [6, 6.07) is 0.365. The maximum Gasteiger partial charge on any atom is 0.0887 e. The van der Waals surface area contributed by atoms with Crippen LogP contribution in [-0.4, -0.2) is 53.9 Å². The number of aliphatic imine (C=N–C) groups is 1. The lowest BCUT2D eigenvalue weighted by Gasteiger charge is -2.35. The first-order chi connectivity index (χ1) is 19.3. The molecular formula is C35H47N4P. The fourth-order valence-corrected chi connectivity index (χ4v) is 5.93. The Morgan fingerprint density at radius 1 is 1.30 bits per heavy atom. The summed E-state index contributed by atoms with van der Waals surface area (Å²) in [6.45, 7) is 17.0. The van der Waals surface area contributed by atoms with E-state index in [1.54, 1.807) is 0 Å². The second kappa shape index (κ2) is 15.8. The SMILES string of the molecule is C=c1ncc(C(C)(C=NC)CN(CC)C2C=CCC=CC2)n/c1=C/C(=C\C)C/C1=C/C(PC)=C\C(CC)C#CC1. The van der Waals surface area contributed by atoms with Crippen LogP contribution in [0.1, 0.15) is 65.5 Å². The average molecular weight is 555 g/mol. The van der Waals surface area contributed by atoms with Gasteiger partial charge >= 0.3 is 0 Å². The van der Waals surface area contributed by atoms with E-state index in [1.807, 2.05) is 19.5 Å². The van der Waals surface area contributed by atoms with Gasteiger partial charge in [-0.1, -0.05) is 89.0 Å². The molecule has 3 rings (SSSR count). The molecule has 5 heteroatoms. The van der Waals surface area contributed by atoms with Crippen molar-refractivity contribution in [3.63, 3.8) is 0 Å². The van der Waals surface area contributed by atoms with Gasteiger partial charge in [-0.25, -0.2) is 4.98 Å². The number of hydrogen-bond acceptors (Lipinski definition) is 4. The van der Waals surface area contributed by atoms with E-state index in [4.69, 9.17) is 9.97 Å². The Hall–Kier alpha value is -2.86. The zero-order valence-electron chi connectivity index (χ0n) is 25.4. The Balaban J connectivity index is 1.94. The van der Waals surface area contributed by atoms with Crippen LogP contribution < -0.4 is 10.7 Å². The van der Waals surface area contributed by atoms with Crippen molar-refractivity contribution in [2.75, 3.05) is 26.8 Å². The minimum atomic E-state index is -0.386. The van der Waals surface area contributed by atoms with Crippen LogP contribution in [0, 0.1) is 17.8 Å². The van der Waals surface area contributed by atoms with Crippen molar-refractivity contribution in [3.8, 4) is 11.8 Å². The largest absolute Gasteiger partial charge is 0.300 e. The van der Waals surface area contributed by atoms with E-state index in [9.17, 15) is 0 Å². The van der Waals surface area contributed by atoms with Gasteiger partial charge in [-0.2, -0.15) is 0 Å². The predicted molar refractivity (Wildman–Crippen MR) is 177 cm³/mol. The maximum atomic E-state index is 5.15. The number of aromatic nitrogens is 2. The van der Waals surface area contributed by atoms with Crippen LogP contribution in [0.15, 0.2) is 70.2 Å². The zero-order chi connectivity index (χ0) is 29.0. The molecule has 2 aliphatic rings. The highest BCUT2D eigenvalue weighted by atomic mass is 31.1. The highest BCUT2D eigenvalue weighted by Crippen LogP contribution is 2.29. The molecule has 0 aliphatic heterocycles. The molecule has 40 heavy (non-hydrogen) atoms. The van der Waals surface area contributed by atoms with Crippen molar-refractivity contribution in [1.82, 2.24) is 14.9 Å². The number of likely N-dealkylation sites (N-methyl/N-ethyl adjacent to an activating group) is 1. The summed E-state index contributed by atoms with van der Waals surface area (Å²) in [5.74, 6) is 7.23. The van der Waals surface area contributed by atoms with Crippen molar-refractivity contribution in [1.29, 1.82) is 0 Å². The quantitative estimate of drug-likeness (QED) is 0.143. The van der Waals surface area contributed by atoms with Crippen molar-refractivity contribution in [2.24, 2.45) is 10.9 Å². The Morgan fingerprint density at radius 2 is 2.12 bits per heavy atom. The van der Waals surface area contributed by atoms with Gasteiger partial charge in [-0.3, -0.25) is 14.9 Å². The van der Waals surface area contributed by atoms with Gasteiger partial charge in [0.2, 0.25) is 0 Å². The standard InChI is InChI=1S/C35H47N4P/c1-8-28-16-15-17-30(22-32(21-28)40-7)20-29(9-2)23-33-27(4)37-24-34(38-33)35(5,25-36-6)26-39(10-3)31-18-13-11-12-14-19-31/h9,11,13-14,19,21-25,28,31,40H,4,8,10,12,17-18,20,26H2,1-3,5-7H3/b29-9-,30-22+,32-21+,33-23+,36-25?. The molecule has 0 aromatic carbocycles. The van der Waals surface area contributed by atoms with E-state index in [0.717, 1.165) is 64.8 Å². The van der Waals surface area contributed by atoms with E-state index < -0.39 is 0 Å². The highest BCUT2D eigenvalue weighted by molar-refractivity contribution is 7.42. The molecule has 0 bridgehead atoms. The van der Waals surface area contributed by atoms with E-state index in [1.165, 1.54) is 16.5 Å². The molecule has 2 aliphatic carbocycles. The fraction of sp³-hybridized carbons (Fsp3) is 0.457. The van der Waals surface area contributed by atoms with Crippen LogP contribution in [0.2, 0.25) is 0 Å². The molecule has 1 aromatic rings. The summed E-state index contributed by atoms with van der Waals surface area (Å²) in [6.07, 6.45) is 26.8. The molecule has 4 atom stereocenters. The van der Waals surface area contributed by atoms with Gasteiger partial charge in [0.05, 0.1) is 28.0 Å². The first-order valence-corrected chi connectivity index (χ1v) is 16.1. The molecule has 0 N–H and O–H groups in total. The topological polar surface area (TPSA) is 41.4 Å². The Kier molecular flexibility index (Phi) is 12.5. The smallest absolute Gasteiger partial charge is 0.0887 e. The molecule has 0 radical (unpaired) electrons. The van der Waals surface area contributed by atoms with Crippen molar-refractivity contribution >= 4 is 27.5 Å². The Bertz CT molecular complexity index is 1370. The average Bonchev–Trinajstić information content (AvgIpc) is 3.23. The van der Waals surface area contributed by atoms with Crippen LogP contribution in [0.3, 0.4) is 0 Å². The van der Waals surface area contributed by atoms with E-state index >= 15 is 0 Å². The van der Waals surface area contributed by atoms with E-state index in [0.29, 0.717) is 17.3 Å². The summed E-state index contributed by atoms with van der Waals surface area (Å²) in [4.78, 5) is 16.8. The predicted octanol–water partition coefficient (Wildman–Crippen LogP) is 6.11. The number of hydrogen-bond donors (Lipinski definition) is 0. The van der Waals surface area contributed by atoms with Crippen LogP contribution in [0.4, 0.5) is 0 Å². The van der Waals surface area contributed by atoms with Crippen molar-refractivity contribution < 1.29 is 0 Å². The minimum Gasteiger partial charge on any atom is -0.300 e. The molecular weight excluding hydrogens is 507 g/mol. The van der Waals surface area contributed by atoms with Crippen LogP contribution in [0.25, 0.3) is 12.7 Å². The zero-order valence-corrected chi connectivity index (χ0v) is 26.4.